The van der Waals surface area contributed by atoms with E-state index in [0.29, 0.717) is 0 Å². The molecule has 1 heterocycles. The van der Waals surface area contributed by atoms with Crippen LogP contribution in [0.4, 0.5) is 0 Å². The van der Waals surface area contributed by atoms with Gasteiger partial charge in [0.25, 0.3) is 5.91 Å². The number of hydrogen-bond donors (Lipinski definition) is 2. The molecule has 22 heavy (non-hydrogen) atoms. The second-order valence-corrected chi connectivity index (χ2v) is 7.03. The molecule has 0 bridgehead atoms. The van der Waals surface area contributed by atoms with Gasteiger partial charge in [-0.2, -0.15) is 0 Å². The van der Waals surface area contributed by atoms with Gasteiger partial charge in [-0.1, -0.05) is 35.9 Å². The molecule has 0 unspecified atom stereocenters. The van der Waals surface area contributed by atoms with Crippen molar-refractivity contribution in [2.45, 2.75) is 45.8 Å². The van der Waals surface area contributed by atoms with Gasteiger partial charge in [-0.05, 0) is 39.1 Å². The lowest BCUT2D eigenvalue weighted by molar-refractivity contribution is -0.704. The number of quaternary nitrogens is 1. The highest BCUT2D eigenvalue weighted by Crippen LogP contribution is 2.23. The third-order valence-electron chi connectivity index (χ3n) is 3.61. The first-order valence-corrected chi connectivity index (χ1v) is 8.60. The fourth-order valence-corrected chi connectivity index (χ4v) is 3.24. The number of carbonyl (C=O) groups excluding carboxylic acids is 1. The molecule has 1 aromatic heterocycles. The summed E-state index contributed by atoms with van der Waals surface area (Å²) in [4.78, 5) is 13.5. The van der Waals surface area contributed by atoms with E-state index in [4.69, 9.17) is 0 Å². The summed E-state index contributed by atoms with van der Waals surface area (Å²) in [5.74, 6) is 0.0867. The van der Waals surface area contributed by atoms with Crippen molar-refractivity contribution in [1.82, 2.24) is 5.32 Å². The second kappa shape index (κ2) is 7.56. The average molecular weight is 317 g/mol. The minimum absolute atomic E-state index is 0.0867. The van der Waals surface area contributed by atoms with Crippen LogP contribution in [0.15, 0.2) is 41.8 Å². The van der Waals surface area contributed by atoms with Crippen molar-refractivity contribution in [3.8, 4) is 0 Å². The minimum atomic E-state index is -0.129. The number of benzene rings is 1. The van der Waals surface area contributed by atoms with Gasteiger partial charge in [0.05, 0.1) is 4.88 Å². The number of hydrogen-bond acceptors (Lipinski definition) is 2. The normalized spacial score (nSPS) is 13.9. The fraction of sp³-hybridized carbons (Fsp3) is 0.389. The number of nitrogens with one attached hydrogen (secondary N) is 1. The molecular weight excluding hydrogens is 292 g/mol. The van der Waals surface area contributed by atoms with Crippen LogP contribution in [0.2, 0.25) is 0 Å². The van der Waals surface area contributed by atoms with Crippen LogP contribution >= 0.6 is 11.3 Å². The molecule has 0 saturated carbocycles. The van der Waals surface area contributed by atoms with E-state index in [1.165, 1.54) is 16.0 Å². The molecule has 0 aliphatic carbocycles. The predicted molar refractivity (Wildman–Crippen MR) is 92.0 cm³/mol. The molecule has 0 aliphatic heterocycles. The molecule has 4 heteroatoms. The third kappa shape index (κ3) is 4.42. The number of amides is 1. The van der Waals surface area contributed by atoms with Gasteiger partial charge in [-0.25, -0.2) is 0 Å². The van der Waals surface area contributed by atoms with Gasteiger partial charge in [0.15, 0.2) is 6.04 Å². The summed E-state index contributed by atoms with van der Waals surface area (Å²) < 4.78 is 0. The van der Waals surface area contributed by atoms with E-state index in [0.717, 1.165) is 0 Å². The monoisotopic (exact) mass is 317 g/mol. The molecular formula is C18H25N2OS+. The van der Waals surface area contributed by atoms with Crippen molar-refractivity contribution in [1.29, 1.82) is 0 Å². The Labute approximate surface area is 136 Å². The fourth-order valence-electron chi connectivity index (χ4n) is 2.40. The van der Waals surface area contributed by atoms with Crippen molar-refractivity contribution in [3.63, 3.8) is 0 Å². The largest absolute Gasteiger partial charge is 0.349 e. The first kappa shape index (κ1) is 16.7. The maximum atomic E-state index is 12.2. The SMILES string of the molecule is Cc1ccc([C@H]([NH2+][C@H](C)C(=O)NC(C)C)c2cccs2)cc1. The van der Waals surface area contributed by atoms with Crippen LogP contribution in [0.3, 0.4) is 0 Å². The molecule has 1 aromatic carbocycles. The van der Waals surface area contributed by atoms with Crippen LogP contribution in [0.1, 0.15) is 42.8 Å². The molecule has 2 atom stereocenters. The Hall–Kier alpha value is -1.65. The Morgan fingerprint density at radius 2 is 1.82 bits per heavy atom. The maximum Gasteiger partial charge on any atom is 0.278 e. The zero-order chi connectivity index (χ0) is 16.1. The van der Waals surface area contributed by atoms with E-state index in [9.17, 15) is 4.79 Å². The Morgan fingerprint density at radius 1 is 1.14 bits per heavy atom. The van der Waals surface area contributed by atoms with Crippen LogP contribution in [0.5, 0.6) is 0 Å². The minimum Gasteiger partial charge on any atom is -0.349 e. The summed E-state index contributed by atoms with van der Waals surface area (Å²) in [5.41, 5.74) is 2.48. The van der Waals surface area contributed by atoms with Gasteiger partial charge >= 0.3 is 0 Å². The van der Waals surface area contributed by atoms with Crippen molar-refractivity contribution < 1.29 is 10.1 Å². The average Bonchev–Trinajstić information content (AvgIpc) is 2.98. The van der Waals surface area contributed by atoms with Crippen LogP contribution in [0.25, 0.3) is 0 Å². The third-order valence-corrected chi connectivity index (χ3v) is 4.57. The highest BCUT2D eigenvalue weighted by Gasteiger charge is 2.25. The van der Waals surface area contributed by atoms with Gasteiger partial charge in [-0.15, -0.1) is 11.3 Å². The van der Waals surface area contributed by atoms with Crippen LogP contribution in [0, 0.1) is 6.92 Å². The number of carbonyl (C=O) groups is 1. The van der Waals surface area contributed by atoms with Gasteiger partial charge < -0.3 is 10.6 Å². The molecule has 0 radical (unpaired) electrons. The van der Waals surface area contributed by atoms with Crippen molar-refractivity contribution in [2.24, 2.45) is 0 Å². The molecule has 2 aromatic rings. The molecule has 0 aliphatic rings. The van der Waals surface area contributed by atoms with Gasteiger partial charge in [-0.3, -0.25) is 4.79 Å². The smallest absolute Gasteiger partial charge is 0.278 e. The Kier molecular flexibility index (Phi) is 5.75. The maximum absolute atomic E-state index is 12.2. The Bertz CT molecular complexity index is 590. The van der Waals surface area contributed by atoms with E-state index in [1.54, 1.807) is 11.3 Å². The molecule has 1 amide bonds. The van der Waals surface area contributed by atoms with E-state index in [1.807, 2.05) is 20.8 Å². The summed E-state index contributed by atoms with van der Waals surface area (Å²) >= 11 is 1.73. The molecule has 3 N–H and O–H groups in total. The van der Waals surface area contributed by atoms with E-state index < -0.39 is 0 Å². The van der Waals surface area contributed by atoms with E-state index >= 15 is 0 Å². The summed E-state index contributed by atoms with van der Waals surface area (Å²) in [6.07, 6.45) is 0. The first-order valence-electron chi connectivity index (χ1n) is 7.72. The number of nitrogens with two attached hydrogens (primary N) is 1. The van der Waals surface area contributed by atoms with Crippen LogP contribution in [-0.2, 0) is 4.79 Å². The standard InChI is InChI=1S/C18H24N2OS/c1-12(2)19-18(21)14(4)20-17(16-6-5-11-22-16)15-9-7-13(3)8-10-15/h5-12,14,17,20H,1-4H3,(H,19,21)/p+1/t14-,17+/m1/s1. The molecule has 2 rings (SSSR count). The Morgan fingerprint density at radius 3 is 2.36 bits per heavy atom. The number of thiophene rings is 1. The zero-order valence-corrected chi connectivity index (χ0v) is 14.5. The van der Waals surface area contributed by atoms with Crippen molar-refractivity contribution >= 4 is 17.2 Å². The molecule has 0 saturated heterocycles. The lowest BCUT2D eigenvalue weighted by atomic mass is 10.0. The van der Waals surface area contributed by atoms with Crippen LogP contribution in [-0.4, -0.2) is 18.0 Å². The van der Waals surface area contributed by atoms with Crippen LogP contribution < -0.4 is 10.6 Å². The quantitative estimate of drug-likeness (QED) is 0.845. The number of rotatable bonds is 6. The van der Waals surface area contributed by atoms with Crippen molar-refractivity contribution in [3.05, 3.63) is 57.8 Å². The van der Waals surface area contributed by atoms with Crippen molar-refractivity contribution in [2.75, 3.05) is 0 Å². The second-order valence-electron chi connectivity index (χ2n) is 6.05. The summed E-state index contributed by atoms with van der Waals surface area (Å²) in [6, 6.07) is 13.0. The zero-order valence-electron chi connectivity index (χ0n) is 13.7. The Balaban J connectivity index is 2.19. The predicted octanol–water partition coefficient (Wildman–Crippen LogP) is 2.62. The van der Waals surface area contributed by atoms with E-state index in [2.05, 4.69) is 59.3 Å². The highest BCUT2D eigenvalue weighted by molar-refractivity contribution is 7.10. The van der Waals surface area contributed by atoms with Gasteiger partial charge in [0, 0.05) is 11.6 Å². The number of aryl methyl sites for hydroxylation is 1. The lowest BCUT2D eigenvalue weighted by Crippen LogP contribution is -2.92. The van der Waals surface area contributed by atoms with E-state index in [-0.39, 0.29) is 24.0 Å². The summed E-state index contributed by atoms with van der Waals surface area (Å²) in [5, 5.41) is 7.22. The summed E-state index contributed by atoms with van der Waals surface area (Å²) in [7, 11) is 0. The van der Waals surface area contributed by atoms with Gasteiger partial charge in [0.1, 0.15) is 6.04 Å². The topological polar surface area (TPSA) is 45.7 Å². The highest BCUT2D eigenvalue weighted by atomic mass is 32.1. The summed E-state index contributed by atoms with van der Waals surface area (Å²) in [6.45, 7) is 8.03. The van der Waals surface area contributed by atoms with Gasteiger partial charge in [0.2, 0.25) is 0 Å². The lowest BCUT2D eigenvalue weighted by Gasteiger charge is -2.20. The molecule has 3 nitrogen and oxygen atoms in total. The molecule has 0 fully saturated rings. The molecule has 0 spiro atoms. The first-order chi connectivity index (χ1) is 10.5. The molecule has 118 valence electrons.